The number of unbranched alkanes of at least 4 members (excludes halogenated alkanes) is 4. The molecule has 2 N–H and O–H groups in total. The predicted octanol–water partition coefficient (Wildman–Crippen LogP) is 4.69. The number of carbonyl (C=O) groups is 3. The molecule has 0 aromatic heterocycles. The summed E-state index contributed by atoms with van der Waals surface area (Å²) in [6, 6.07) is 0. The lowest BCUT2D eigenvalue weighted by molar-refractivity contribution is -0.184. The maximum atomic E-state index is 13.3. The van der Waals surface area contributed by atoms with Crippen LogP contribution in [0.1, 0.15) is 104 Å². The average molecular weight is 489 g/mol. The van der Waals surface area contributed by atoms with Crippen molar-refractivity contribution in [2.45, 2.75) is 116 Å². The van der Waals surface area contributed by atoms with Crippen LogP contribution < -0.4 is 0 Å². The van der Waals surface area contributed by atoms with Crippen molar-refractivity contribution in [3.8, 4) is 0 Å². The third-order valence-corrected chi connectivity index (χ3v) is 10.4. The molecular weight excluding hydrogens is 444 g/mol. The van der Waals surface area contributed by atoms with Crippen molar-refractivity contribution in [2.75, 3.05) is 6.61 Å². The molecule has 0 radical (unpaired) electrons. The highest BCUT2D eigenvalue weighted by molar-refractivity contribution is 5.92. The summed E-state index contributed by atoms with van der Waals surface area (Å²) in [6.45, 7) is 5.90. The molecule has 0 amide bonds. The highest BCUT2D eigenvalue weighted by atomic mass is 16.5. The first-order valence-corrected chi connectivity index (χ1v) is 13.9. The fraction of sp³-hybridized carbons (Fsp3) is 0.828. The van der Waals surface area contributed by atoms with E-state index in [2.05, 4.69) is 13.8 Å². The van der Waals surface area contributed by atoms with Crippen molar-refractivity contribution in [1.29, 1.82) is 0 Å². The number of aliphatic hydroxyl groups is 2. The van der Waals surface area contributed by atoms with Gasteiger partial charge in [0.05, 0.1) is 6.10 Å². The average Bonchev–Trinajstić information content (AvgIpc) is 3.08. The molecule has 35 heavy (non-hydrogen) atoms. The summed E-state index contributed by atoms with van der Waals surface area (Å²) in [7, 11) is 0. The van der Waals surface area contributed by atoms with E-state index < -0.39 is 29.5 Å². The normalized spacial score (nSPS) is 40.4. The molecule has 0 aromatic rings. The minimum atomic E-state index is -1.59. The van der Waals surface area contributed by atoms with E-state index in [1.54, 1.807) is 0 Å². The standard InChI is InChI=1S/C29H44O6/c1-4-5-6-7-8-9-25(33)35-18-24(32)29(34)15-13-22-21-11-10-19-16-20(30)12-14-27(19,2)26(21)23(31)17-28(22,29)3/h16,21-23,26,31,34H,4-15,17-18H2,1-3H3/t21-,22-,23-,26+,27-,28-,29-/m0/s1. The number of esters is 1. The van der Waals surface area contributed by atoms with Gasteiger partial charge in [-0.05, 0) is 74.2 Å². The maximum absolute atomic E-state index is 13.3. The highest BCUT2D eigenvalue weighted by Gasteiger charge is 2.68. The van der Waals surface area contributed by atoms with E-state index in [4.69, 9.17) is 4.74 Å². The van der Waals surface area contributed by atoms with Crippen LogP contribution in [0.3, 0.4) is 0 Å². The van der Waals surface area contributed by atoms with Crippen molar-refractivity contribution in [1.82, 2.24) is 0 Å². The van der Waals surface area contributed by atoms with Gasteiger partial charge in [0.15, 0.2) is 12.4 Å². The summed E-state index contributed by atoms with van der Waals surface area (Å²) >= 11 is 0. The van der Waals surface area contributed by atoms with Crippen LogP contribution in [0.2, 0.25) is 0 Å². The number of hydrogen-bond donors (Lipinski definition) is 2. The Morgan fingerprint density at radius 1 is 1.09 bits per heavy atom. The number of Topliss-reactive ketones (excluding diaryl/α,β-unsaturated/α-hetero) is 1. The van der Waals surface area contributed by atoms with Crippen LogP contribution in [-0.2, 0) is 19.1 Å². The first kappa shape index (κ1) is 26.5. The monoisotopic (exact) mass is 488 g/mol. The van der Waals surface area contributed by atoms with Crippen LogP contribution >= 0.6 is 0 Å². The zero-order chi connectivity index (χ0) is 25.4. The first-order valence-electron chi connectivity index (χ1n) is 13.9. The number of aliphatic hydroxyl groups excluding tert-OH is 1. The molecule has 7 atom stereocenters. The summed E-state index contributed by atoms with van der Waals surface area (Å²) in [4.78, 5) is 37.5. The number of fused-ring (bicyclic) bond motifs is 5. The topological polar surface area (TPSA) is 101 Å². The lowest BCUT2D eigenvalue weighted by atomic mass is 9.45. The van der Waals surface area contributed by atoms with Gasteiger partial charge in [0, 0.05) is 18.3 Å². The van der Waals surface area contributed by atoms with Crippen molar-refractivity contribution < 1.29 is 29.3 Å². The zero-order valence-electron chi connectivity index (χ0n) is 21.8. The molecule has 0 aromatic carbocycles. The molecule has 4 aliphatic carbocycles. The fourth-order valence-electron chi connectivity index (χ4n) is 8.36. The Morgan fingerprint density at radius 2 is 1.83 bits per heavy atom. The Kier molecular flexibility index (Phi) is 7.64. The second-order valence-corrected chi connectivity index (χ2v) is 12.2. The molecule has 0 spiro atoms. The summed E-state index contributed by atoms with van der Waals surface area (Å²) < 4.78 is 5.29. The summed E-state index contributed by atoms with van der Waals surface area (Å²) in [5.74, 6) is -0.271. The Bertz CT molecular complexity index is 878. The van der Waals surface area contributed by atoms with Gasteiger partial charge >= 0.3 is 5.97 Å². The minimum absolute atomic E-state index is 0.0386. The smallest absolute Gasteiger partial charge is 0.306 e. The van der Waals surface area contributed by atoms with E-state index >= 15 is 0 Å². The molecule has 4 aliphatic rings. The summed E-state index contributed by atoms with van der Waals surface area (Å²) in [5, 5.41) is 23.2. The van der Waals surface area contributed by atoms with Crippen LogP contribution in [0.5, 0.6) is 0 Å². The second kappa shape index (κ2) is 10.1. The summed E-state index contributed by atoms with van der Waals surface area (Å²) in [6.07, 6.45) is 11.0. The second-order valence-electron chi connectivity index (χ2n) is 12.2. The lowest BCUT2D eigenvalue weighted by Gasteiger charge is -2.60. The molecule has 0 saturated heterocycles. The first-order chi connectivity index (χ1) is 16.6. The molecule has 196 valence electrons. The van der Waals surface area contributed by atoms with Crippen molar-refractivity contribution in [3.05, 3.63) is 11.6 Å². The summed E-state index contributed by atoms with van der Waals surface area (Å²) in [5.41, 5.74) is -1.37. The molecule has 4 rings (SSSR count). The molecular formula is C29H44O6. The molecule has 0 bridgehead atoms. The van der Waals surface area contributed by atoms with Gasteiger partial charge in [-0.15, -0.1) is 0 Å². The molecule has 0 aliphatic heterocycles. The Labute approximate surface area is 209 Å². The Morgan fingerprint density at radius 3 is 2.57 bits per heavy atom. The minimum Gasteiger partial charge on any atom is -0.458 e. The van der Waals surface area contributed by atoms with Crippen LogP contribution in [0.4, 0.5) is 0 Å². The van der Waals surface area contributed by atoms with E-state index in [1.807, 2.05) is 13.0 Å². The number of allylic oxidation sites excluding steroid dienone is 1. The van der Waals surface area contributed by atoms with Crippen molar-refractivity contribution in [3.63, 3.8) is 0 Å². The fourth-order valence-corrected chi connectivity index (χ4v) is 8.36. The highest BCUT2D eigenvalue weighted by Crippen LogP contribution is 2.67. The van der Waals surface area contributed by atoms with Gasteiger partial charge in [-0.3, -0.25) is 14.4 Å². The van der Waals surface area contributed by atoms with E-state index in [0.717, 1.165) is 57.8 Å². The van der Waals surface area contributed by atoms with Crippen LogP contribution in [0.15, 0.2) is 11.6 Å². The number of ketones is 2. The van der Waals surface area contributed by atoms with Crippen LogP contribution in [0.25, 0.3) is 0 Å². The third-order valence-electron chi connectivity index (χ3n) is 10.4. The van der Waals surface area contributed by atoms with E-state index in [1.165, 1.54) is 5.57 Å². The lowest BCUT2D eigenvalue weighted by Crippen LogP contribution is -2.62. The van der Waals surface area contributed by atoms with Gasteiger partial charge in [-0.25, -0.2) is 0 Å². The molecule has 0 heterocycles. The third kappa shape index (κ3) is 4.54. The number of carbonyl (C=O) groups excluding carboxylic acids is 3. The van der Waals surface area contributed by atoms with Gasteiger partial charge < -0.3 is 14.9 Å². The van der Waals surface area contributed by atoms with Gasteiger partial charge in [0.2, 0.25) is 5.78 Å². The molecule has 6 heteroatoms. The van der Waals surface area contributed by atoms with Gasteiger partial charge in [-0.1, -0.05) is 52.0 Å². The largest absolute Gasteiger partial charge is 0.458 e. The van der Waals surface area contributed by atoms with E-state index in [9.17, 15) is 24.6 Å². The molecule has 6 nitrogen and oxygen atoms in total. The van der Waals surface area contributed by atoms with Gasteiger partial charge in [0.25, 0.3) is 0 Å². The number of ether oxygens (including phenoxy) is 1. The van der Waals surface area contributed by atoms with E-state index in [0.29, 0.717) is 25.7 Å². The van der Waals surface area contributed by atoms with Gasteiger partial charge in [0.1, 0.15) is 5.60 Å². The van der Waals surface area contributed by atoms with Crippen molar-refractivity contribution >= 4 is 17.5 Å². The molecule has 3 saturated carbocycles. The van der Waals surface area contributed by atoms with E-state index in [-0.39, 0.29) is 34.9 Å². The quantitative estimate of drug-likeness (QED) is 0.361. The molecule has 3 fully saturated rings. The maximum Gasteiger partial charge on any atom is 0.306 e. The molecule has 0 unspecified atom stereocenters. The predicted molar refractivity (Wildman–Crippen MR) is 132 cm³/mol. The Balaban J connectivity index is 1.43. The number of rotatable bonds is 9. The van der Waals surface area contributed by atoms with Crippen LogP contribution in [0, 0.1) is 28.6 Å². The van der Waals surface area contributed by atoms with Crippen LogP contribution in [-0.4, -0.2) is 46.1 Å². The zero-order valence-corrected chi connectivity index (χ0v) is 21.8. The SMILES string of the molecule is CCCCCCCC(=O)OCC(=O)[C@@]1(O)CC[C@H]2[C@@H]3CCC4=CC(=O)CC[C@]4(C)[C@H]3[C@@H](O)C[C@@]21C. The Hall–Kier alpha value is -1.53. The number of hydrogen-bond acceptors (Lipinski definition) is 6. The van der Waals surface area contributed by atoms with Gasteiger partial charge in [-0.2, -0.15) is 0 Å². The van der Waals surface area contributed by atoms with Crippen molar-refractivity contribution in [2.24, 2.45) is 28.6 Å².